The van der Waals surface area contributed by atoms with Crippen molar-refractivity contribution in [1.29, 1.82) is 0 Å². The number of pyridine rings is 2. The summed E-state index contributed by atoms with van der Waals surface area (Å²) >= 11 is 0. The summed E-state index contributed by atoms with van der Waals surface area (Å²) in [4.78, 5) is 57.0. The van der Waals surface area contributed by atoms with Crippen LogP contribution in [0.2, 0.25) is 51.4 Å². The molecule has 24 heteroatoms. The van der Waals surface area contributed by atoms with E-state index in [0.717, 1.165) is 24.2 Å². The highest BCUT2D eigenvalue weighted by Crippen LogP contribution is 2.43. The number of carboxylic acids is 2. The van der Waals surface area contributed by atoms with Gasteiger partial charge in [-0.15, -0.1) is 0 Å². The molecule has 82 heavy (non-hydrogen) atoms. The largest absolute Gasteiger partial charge is 0.480 e. The molecular formula is C58H61F4N8O10Si2+. The van der Waals surface area contributed by atoms with Crippen LogP contribution in [-0.4, -0.2) is 84.3 Å². The molecule has 0 radical (unpaired) electrons. The van der Waals surface area contributed by atoms with Crippen LogP contribution in [0.3, 0.4) is 0 Å². The SMILES string of the molecule is Cn1cc(-c2ccc3[nH]c[n+](CC(=O)O)c3c2Oc2ccc(F)cc2F)c2ccn(COCC[Si](C)(C)C)c2c1=O.Cn1cc(-c2ccc3c(ncn3CC(=O)O)c2Oc2ccc(F)cc2F)c2ccn(COCC[Si](C)(C)C)c2c1=O. The van der Waals surface area contributed by atoms with Crippen molar-refractivity contribution in [3.05, 3.63) is 154 Å². The summed E-state index contributed by atoms with van der Waals surface area (Å²) in [6.07, 6.45) is 9.73. The number of ether oxygens (including phenoxy) is 4. The Bertz CT molecular complexity index is 4210. The number of H-pyrrole nitrogens is 1. The van der Waals surface area contributed by atoms with Crippen LogP contribution in [-0.2, 0) is 59.7 Å². The van der Waals surface area contributed by atoms with Gasteiger partial charge in [-0.1, -0.05) is 39.3 Å². The van der Waals surface area contributed by atoms with Crippen LogP contribution >= 0.6 is 0 Å². The fourth-order valence-corrected chi connectivity index (χ4v) is 10.9. The molecule has 0 fully saturated rings. The number of imidazole rings is 2. The fraction of sp³-hybridized carbons (Fsp3) is 0.276. The number of carboxylic acid groups (broad SMARTS) is 2. The van der Waals surface area contributed by atoms with Gasteiger partial charge >= 0.3 is 11.9 Å². The van der Waals surface area contributed by atoms with Crippen LogP contribution in [0, 0.1) is 23.3 Å². The third-order valence-electron chi connectivity index (χ3n) is 13.6. The van der Waals surface area contributed by atoms with Gasteiger partial charge < -0.3 is 52.0 Å². The summed E-state index contributed by atoms with van der Waals surface area (Å²) in [5, 5.41) is 20.1. The van der Waals surface area contributed by atoms with Gasteiger partial charge in [0.05, 0.1) is 11.8 Å². The number of nitrogens with one attached hydrogen (secondary N) is 1. The van der Waals surface area contributed by atoms with E-state index in [1.165, 1.54) is 43.1 Å². The zero-order valence-electron chi connectivity index (χ0n) is 46.4. The second kappa shape index (κ2) is 23.5. The van der Waals surface area contributed by atoms with Gasteiger partial charge in [0, 0.05) is 113 Å². The maximum Gasteiger partial charge on any atom is 0.346 e. The molecule has 10 rings (SSSR count). The van der Waals surface area contributed by atoms with E-state index in [9.17, 15) is 47.0 Å². The summed E-state index contributed by atoms with van der Waals surface area (Å²) in [6, 6.07) is 18.4. The predicted molar refractivity (Wildman–Crippen MR) is 307 cm³/mol. The number of fused-ring (bicyclic) bond motifs is 4. The third-order valence-corrected chi connectivity index (χ3v) is 17.0. The standard InChI is InChI=1S/2C29H30F2N4O5Si/c1-33-14-21(19-9-10-34(27(19)29(33)38)17-39-11-12-41(2,3)4)20-6-7-23-26(32-16-35(23)15-25(36)37)28(20)40-24-8-5-18(30)13-22(24)31;1-33-14-21(19-9-10-34(26(19)29(33)38)17-39-11-12-41(2,3)4)20-6-7-23-27(35(16-32-23)15-25(36)37)28(20)40-24-8-5-18(30)13-22(24)31/h2*5-10,13-14,16H,11-12,15,17H2,1-4H3,(H,36,37)/p+1. The summed E-state index contributed by atoms with van der Waals surface area (Å²) in [5.74, 6) is -5.68. The molecule has 6 heterocycles. The Balaban J connectivity index is 0.000000198. The van der Waals surface area contributed by atoms with Crippen LogP contribution in [0.15, 0.2) is 120 Å². The minimum atomic E-state index is -1.29. The molecule has 0 aliphatic heterocycles. The van der Waals surface area contributed by atoms with Gasteiger partial charge in [-0.05, 0) is 72.8 Å². The number of benzene rings is 4. The second-order valence-corrected chi connectivity index (χ2v) is 33.5. The molecule has 10 aromatic rings. The molecule has 4 aromatic carbocycles. The fourth-order valence-electron chi connectivity index (χ4n) is 9.36. The molecule has 0 aliphatic rings. The van der Waals surface area contributed by atoms with Crippen molar-refractivity contribution in [3.63, 3.8) is 0 Å². The third kappa shape index (κ3) is 12.6. The van der Waals surface area contributed by atoms with Gasteiger partial charge in [0.15, 0.2) is 46.7 Å². The van der Waals surface area contributed by atoms with Crippen LogP contribution < -0.4 is 25.2 Å². The molecular weight excluding hydrogens is 1100 g/mol. The predicted octanol–water partition coefficient (Wildman–Crippen LogP) is 11.1. The number of hydrogen-bond donors (Lipinski definition) is 3. The Morgan fingerprint density at radius 2 is 1.13 bits per heavy atom. The summed E-state index contributed by atoms with van der Waals surface area (Å²) in [6.45, 7) is 14.4. The second-order valence-electron chi connectivity index (χ2n) is 22.3. The number of carbonyl (C=O) groups is 2. The van der Waals surface area contributed by atoms with E-state index in [0.29, 0.717) is 86.0 Å². The summed E-state index contributed by atoms with van der Waals surface area (Å²) < 4.78 is 90.0. The van der Waals surface area contributed by atoms with E-state index in [1.54, 1.807) is 72.3 Å². The Morgan fingerprint density at radius 3 is 1.62 bits per heavy atom. The number of aliphatic carboxylic acids is 2. The zero-order chi connectivity index (χ0) is 58.9. The summed E-state index contributed by atoms with van der Waals surface area (Å²) in [7, 11) is 0.697. The van der Waals surface area contributed by atoms with Crippen molar-refractivity contribution < 1.29 is 60.9 Å². The first kappa shape index (κ1) is 58.1. The van der Waals surface area contributed by atoms with Crippen LogP contribution in [0.5, 0.6) is 23.0 Å². The van der Waals surface area contributed by atoms with E-state index in [1.807, 2.05) is 12.1 Å². The molecule has 428 valence electrons. The van der Waals surface area contributed by atoms with Gasteiger partial charge in [-0.25, -0.2) is 36.9 Å². The Morgan fingerprint density at radius 1 is 0.634 bits per heavy atom. The molecule has 18 nitrogen and oxygen atoms in total. The van der Waals surface area contributed by atoms with E-state index in [2.05, 4.69) is 49.3 Å². The average Bonchev–Trinajstić information content (AvgIpc) is 2.68. The minimum Gasteiger partial charge on any atom is -0.480 e. The Kier molecular flexibility index (Phi) is 16.6. The minimum absolute atomic E-state index is 0.135. The lowest BCUT2D eigenvalue weighted by atomic mass is 10.0. The van der Waals surface area contributed by atoms with E-state index in [4.69, 9.17) is 18.9 Å². The maximum absolute atomic E-state index is 14.8. The molecule has 0 spiro atoms. The van der Waals surface area contributed by atoms with Crippen LogP contribution in [0.25, 0.3) is 66.1 Å². The van der Waals surface area contributed by atoms with E-state index < -0.39 is 51.4 Å². The number of aryl methyl sites for hydroxylation is 2. The van der Waals surface area contributed by atoms with E-state index >= 15 is 0 Å². The van der Waals surface area contributed by atoms with Crippen molar-refractivity contribution in [2.45, 2.75) is 77.9 Å². The smallest absolute Gasteiger partial charge is 0.346 e. The number of halogens is 4. The molecule has 0 saturated heterocycles. The number of rotatable bonds is 20. The highest BCUT2D eigenvalue weighted by molar-refractivity contribution is 6.76. The zero-order valence-corrected chi connectivity index (χ0v) is 48.4. The van der Waals surface area contributed by atoms with Gasteiger partial charge in [-0.3, -0.25) is 14.4 Å². The molecule has 0 unspecified atom stereocenters. The first-order valence-electron chi connectivity index (χ1n) is 26.1. The molecule has 0 amide bonds. The lowest BCUT2D eigenvalue weighted by molar-refractivity contribution is -0.659. The molecule has 6 aromatic heterocycles. The Hall–Kier alpha value is -8.59. The molecule has 0 atom stereocenters. The van der Waals surface area contributed by atoms with Crippen molar-refractivity contribution in [2.24, 2.45) is 14.1 Å². The lowest BCUT2D eigenvalue weighted by Crippen LogP contribution is -2.36. The van der Waals surface area contributed by atoms with Gasteiger partial charge in [0.25, 0.3) is 11.1 Å². The normalized spacial score (nSPS) is 12.0. The van der Waals surface area contributed by atoms with Crippen LogP contribution in [0.1, 0.15) is 0 Å². The van der Waals surface area contributed by atoms with Gasteiger partial charge in [0.1, 0.15) is 48.2 Å². The van der Waals surface area contributed by atoms with Crippen molar-refractivity contribution in [2.75, 3.05) is 13.2 Å². The highest BCUT2D eigenvalue weighted by Gasteiger charge is 2.27. The lowest BCUT2D eigenvalue weighted by Gasteiger charge is -2.16. The number of aromatic amines is 1. The maximum atomic E-state index is 14.8. The van der Waals surface area contributed by atoms with Crippen molar-refractivity contribution in [3.8, 4) is 45.3 Å². The number of nitrogens with zero attached hydrogens (tertiary/aromatic N) is 7. The number of hydrogen-bond acceptors (Lipinski definition) is 9. The molecule has 0 bridgehead atoms. The average molecular weight is 1160 g/mol. The van der Waals surface area contributed by atoms with E-state index in [-0.39, 0.29) is 66.2 Å². The topological polar surface area (TPSA) is 203 Å². The van der Waals surface area contributed by atoms with Crippen molar-refractivity contribution in [1.82, 2.24) is 32.8 Å². The monoisotopic (exact) mass is 1160 g/mol. The molecule has 0 aliphatic carbocycles. The number of aromatic nitrogens is 8. The van der Waals surface area contributed by atoms with Crippen LogP contribution in [0.4, 0.5) is 17.6 Å². The highest BCUT2D eigenvalue weighted by atomic mass is 28.3. The van der Waals surface area contributed by atoms with Crippen molar-refractivity contribution >= 4 is 72.0 Å². The Labute approximate surface area is 468 Å². The molecule has 3 N–H and O–H groups in total. The quantitative estimate of drug-likeness (QED) is 0.0284. The first-order valence-corrected chi connectivity index (χ1v) is 33.5. The summed E-state index contributed by atoms with van der Waals surface area (Å²) in [5.41, 5.74) is 4.22. The van der Waals surface area contributed by atoms with Gasteiger partial charge in [-0.2, -0.15) is 0 Å². The first-order chi connectivity index (χ1) is 38.8. The molecule has 0 saturated carbocycles. The van der Waals surface area contributed by atoms with Gasteiger partial charge in [0.2, 0.25) is 11.8 Å².